The number of nitrogens with one attached hydrogen (secondary N) is 2. The Kier molecular flexibility index (Phi) is 4.38. The van der Waals surface area contributed by atoms with Crippen molar-refractivity contribution in [1.82, 2.24) is 9.78 Å². The van der Waals surface area contributed by atoms with Gasteiger partial charge in [-0.15, -0.1) is 0 Å². The number of carbonyl (C=O) groups excluding carboxylic acids is 2. The second kappa shape index (κ2) is 6.62. The van der Waals surface area contributed by atoms with E-state index >= 15 is 0 Å². The van der Waals surface area contributed by atoms with Gasteiger partial charge in [-0.25, -0.2) is 0 Å². The van der Waals surface area contributed by atoms with Gasteiger partial charge < -0.3 is 15.4 Å². The first kappa shape index (κ1) is 15.2. The molecule has 1 fully saturated rings. The van der Waals surface area contributed by atoms with Crippen LogP contribution in [-0.4, -0.2) is 34.8 Å². The van der Waals surface area contributed by atoms with E-state index in [-0.39, 0.29) is 17.9 Å². The molecule has 7 nitrogen and oxygen atoms in total. The quantitative estimate of drug-likeness (QED) is 0.904. The molecule has 1 aromatic heterocycles. The van der Waals surface area contributed by atoms with Gasteiger partial charge in [0.2, 0.25) is 5.91 Å². The molecule has 0 spiro atoms. The van der Waals surface area contributed by atoms with Crippen molar-refractivity contribution < 1.29 is 14.3 Å². The average molecular weight is 314 g/mol. The molecule has 0 radical (unpaired) electrons. The Morgan fingerprint density at radius 3 is 2.65 bits per heavy atom. The lowest BCUT2D eigenvalue weighted by molar-refractivity contribution is -0.114. The third-order valence-electron chi connectivity index (χ3n) is 3.61. The van der Waals surface area contributed by atoms with Crippen LogP contribution in [0.3, 0.4) is 0 Å². The summed E-state index contributed by atoms with van der Waals surface area (Å²) in [7, 11) is 0. The number of aromatic nitrogens is 2. The van der Waals surface area contributed by atoms with Crippen LogP contribution in [0, 0.1) is 0 Å². The van der Waals surface area contributed by atoms with E-state index < -0.39 is 0 Å². The summed E-state index contributed by atoms with van der Waals surface area (Å²) in [4.78, 5) is 23.2. The molecule has 23 heavy (non-hydrogen) atoms. The van der Waals surface area contributed by atoms with Crippen LogP contribution in [0.15, 0.2) is 36.7 Å². The molecule has 1 unspecified atom stereocenters. The van der Waals surface area contributed by atoms with Crippen LogP contribution in [0.25, 0.3) is 0 Å². The van der Waals surface area contributed by atoms with Crippen molar-refractivity contribution in [3.63, 3.8) is 0 Å². The summed E-state index contributed by atoms with van der Waals surface area (Å²) in [5, 5.41) is 9.74. The maximum Gasteiger partial charge on any atom is 0.255 e. The minimum Gasteiger partial charge on any atom is -0.379 e. The number of hydrogen-bond acceptors (Lipinski definition) is 4. The number of hydrogen-bond donors (Lipinski definition) is 2. The highest BCUT2D eigenvalue weighted by atomic mass is 16.5. The monoisotopic (exact) mass is 314 g/mol. The predicted molar refractivity (Wildman–Crippen MR) is 85.4 cm³/mol. The van der Waals surface area contributed by atoms with E-state index in [1.54, 1.807) is 30.5 Å². The molecule has 2 N–H and O–H groups in total. The smallest absolute Gasteiger partial charge is 0.255 e. The predicted octanol–water partition coefficient (Wildman–Crippen LogP) is 2.06. The molecule has 7 heteroatoms. The van der Waals surface area contributed by atoms with E-state index in [1.165, 1.54) is 6.92 Å². The zero-order chi connectivity index (χ0) is 16.2. The maximum atomic E-state index is 12.2. The number of rotatable bonds is 4. The molecule has 3 rings (SSSR count). The summed E-state index contributed by atoms with van der Waals surface area (Å²) >= 11 is 0. The first-order valence-corrected chi connectivity index (χ1v) is 7.43. The van der Waals surface area contributed by atoms with Gasteiger partial charge in [0.25, 0.3) is 5.91 Å². The van der Waals surface area contributed by atoms with Gasteiger partial charge in [-0.2, -0.15) is 5.10 Å². The molecule has 0 saturated carbocycles. The van der Waals surface area contributed by atoms with E-state index in [0.29, 0.717) is 23.5 Å². The summed E-state index contributed by atoms with van der Waals surface area (Å²) in [6.45, 7) is 2.83. The van der Waals surface area contributed by atoms with Gasteiger partial charge >= 0.3 is 0 Å². The fraction of sp³-hybridized carbons (Fsp3) is 0.312. The molecular weight excluding hydrogens is 296 g/mol. The standard InChI is InChI=1S/C16H18N4O3/c1-11(21)18-13-4-2-12(3-5-13)16(22)19-14-8-17-20(9-14)15-6-7-23-10-15/h2-5,8-9,15H,6-7,10H2,1H3,(H,18,21)(H,19,22). The summed E-state index contributed by atoms with van der Waals surface area (Å²) < 4.78 is 7.15. The Bertz CT molecular complexity index is 702. The Labute approximate surface area is 133 Å². The number of nitrogens with zero attached hydrogens (tertiary/aromatic N) is 2. The van der Waals surface area contributed by atoms with Crippen molar-refractivity contribution in [2.24, 2.45) is 0 Å². The minimum atomic E-state index is -0.221. The SMILES string of the molecule is CC(=O)Nc1ccc(C(=O)Nc2cnn(C3CCOC3)c2)cc1. The third-order valence-corrected chi connectivity index (χ3v) is 3.61. The largest absolute Gasteiger partial charge is 0.379 e. The first-order valence-electron chi connectivity index (χ1n) is 7.43. The molecule has 2 aromatic rings. The van der Waals surface area contributed by atoms with Crippen molar-refractivity contribution in [3.8, 4) is 0 Å². The van der Waals surface area contributed by atoms with E-state index in [0.717, 1.165) is 13.0 Å². The van der Waals surface area contributed by atoms with Gasteiger partial charge in [-0.05, 0) is 30.7 Å². The van der Waals surface area contributed by atoms with Gasteiger partial charge in [0, 0.05) is 31.0 Å². The molecule has 1 atom stereocenters. The number of benzene rings is 1. The lowest BCUT2D eigenvalue weighted by atomic mass is 10.2. The topological polar surface area (TPSA) is 85.3 Å². The van der Waals surface area contributed by atoms with Crippen LogP contribution in [0.2, 0.25) is 0 Å². The minimum absolute atomic E-state index is 0.148. The Morgan fingerprint density at radius 2 is 2.00 bits per heavy atom. The van der Waals surface area contributed by atoms with Crippen LogP contribution < -0.4 is 10.6 Å². The van der Waals surface area contributed by atoms with E-state index in [9.17, 15) is 9.59 Å². The Balaban J connectivity index is 1.63. The molecule has 1 aliphatic heterocycles. The van der Waals surface area contributed by atoms with Crippen LogP contribution in [0.5, 0.6) is 0 Å². The lowest BCUT2D eigenvalue weighted by Crippen LogP contribution is -2.12. The number of anilines is 2. The van der Waals surface area contributed by atoms with Crippen molar-refractivity contribution in [3.05, 3.63) is 42.2 Å². The third kappa shape index (κ3) is 3.75. The van der Waals surface area contributed by atoms with Gasteiger partial charge in [-0.1, -0.05) is 0 Å². The zero-order valence-electron chi connectivity index (χ0n) is 12.8. The molecule has 120 valence electrons. The van der Waals surface area contributed by atoms with E-state index in [1.807, 2.05) is 10.9 Å². The average Bonchev–Trinajstić information content (AvgIpc) is 3.18. The van der Waals surface area contributed by atoms with E-state index in [2.05, 4.69) is 15.7 Å². The fourth-order valence-corrected chi connectivity index (χ4v) is 2.44. The molecule has 0 aliphatic carbocycles. The number of carbonyl (C=O) groups is 2. The van der Waals surface area contributed by atoms with Crippen LogP contribution in [0.4, 0.5) is 11.4 Å². The second-order valence-corrected chi connectivity index (χ2v) is 5.44. The normalized spacial score (nSPS) is 17.0. The van der Waals surface area contributed by atoms with Crippen molar-refractivity contribution >= 4 is 23.2 Å². The van der Waals surface area contributed by atoms with Crippen LogP contribution in [-0.2, 0) is 9.53 Å². The molecule has 2 amide bonds. The molecule has 0 bridgehead atoms. The van der Waals surface area contributed by atoms with Gasteiger partial charge in [0.15, 0.2) is 0 Å². The summed E-state index contributed by atoms with van der Waals surface area (Å²) in [6.07, 6.45) is 4.37. The van der Waals surface area contributed by atoms with Crippen molar-refractivity contribution in [2.75, 3.05) is 23.8 Å². The van der Waals surface area contributed by atoms with Gasteiger partial charge in [-0.3, -0.25) is 14.3 Å². The van der Waals surface area contributed by atoms with Crippen LogP contribution in [0.1, 0.15) is 29.7 Å². The summed E-state index contributed by atoms with van der Waals surface area (Å²) in [6, 6.07) is 6.94. The van der Waals surface area contributed by atoms with Gasteiger partial charge in [0.05, 0.1) is 24.5 Å². The number of ether oxygens (including phenoxy) is 1. The second-order valence-electron chi connectivity index (χ2n) is 5.44. The Morgan fingerprint density at radius 1 is 1.22 bits per heavy atom. The summed E-state index contributed by atoms with van der Waals surface area (Å²) in [5.74, 6) is -0.368. The van der Waals surface area contributed by atoms with E-state index in [4.69, 9.17) is 4.74 Å². The number of amides is 2. The molecule has 2 heterocycles. The molecule has 1 aliphatic rings. The Hall–Kier alpha value is -2.67. The molecule has 1 saturated heterocycles. The zero-order valence-corrected chi connectivity index (χ0v) is 12.8. The summed E-state index contributed by atoms with van der Waals surface area (Å²) in [5.41, 5.74) is 1.81. The fourth-order valence-electron chi connectivity index (χ4n) is 2.44. The molecular formula is C16H18N4O3. The maximum absolute atomic E-state index is 12.2. The van der Waals surface area contributed by atoms with Crippen molar-refractivity contribution in [1.29, 1.82) is 0 Å². The highest BCUT2D eigenvalue weighted by molar-refractivity contribution is 6.04. The lowest BCUT2D eigenvalue weighted by Gasteiger charge is -2.07. The van der Waals surface area contributed by atoms with Crippen LogP contribution >= 0.6 is 0 Å². The highest BCUT2D eigenvalue weighted by Crippen LogP contribution is 2.20. The first-order chi connectivity index (χ1) is 11.1. The van der Waals surface area contributed by atoms with Gasteiger partial charge in [0.1, 0.15) is 0 Å². The molecule has 1 aromatic carbocycles. The van der Waals surface area contributed by atoms with Crippen molar-refractivity contribution in [2.45, 2.75) is 19.4 Å². The highest BCUT2D eigenvalue weighted by Gasteiger charge is 2.18.